The molecule has 0 saturated heterocycles. The first-order chi connectivity index (χ1) is 11.0. The zero-order valence-corrected chi connectivity index (χ0v) is 15.8. The van der Waals surface area contributed by atoms with Crippen LogP contribution in [0.4, 0.5) is 5.69 Å². The summed E-state index contributed by atoms with van der Waals surface area (Å²) < 4.78 is 29.0. The van der Waals surface area contributed by atoms with Crippen LogP contribution in [0.1, 0.15) is 18.4 Å². The lowest BCUT2D eigenvalue weighted by molar-refractivity contribution is 0.583. The lowest BCUT2D eigenvalue weighted by atomic mass is 10.2. The topological polar surface area (TPSA) is 37.4 Å². The third-order valence-corrected chi connectivity index (χ3v) is 6.72. The van der Waals surface area contributed by atoms with Crippen molar-refractivity contribution in [1.82, 2.24) is 0 Å². The first kappa shape index (κ1) is 16.5. The van der Waals surface area contributed by atoms with E-state index in [-0.39, 0.29) is 6.04 Å². The van der Waals surface area contributed by atoms with E-state index in [9.17, 15) is 8.42 Å². The molecule has 0 amide bonds. The van der Waals surface area contributed by atoms with Crippen LogP contribution in [0.15, 0.2) is 65.6 Å². The van der Waals surface area contributed by atoms with Gasteiger partial charge < -0.3 is 0 Å². The van der Waals surface area contributed by atoms with E-state index in [1.807, 2.05) is 49.4 Å². The van der Waals surface area contributed by atoms with Gasteiger partial charge in [0, 0.05) is 3.57 Å². The third-order valence-electron chi connectivity index (χ3n) is 3.96. The van der Waals surface area contributed by atoms with Crippen molar-refractivity contribution in [1.29, 1.82) is 0 Å². The van der Waals surface area contributed by atoms with Crippen molar-refractivity contribution < 1.29 is 8.42 Å². The number of nitrogens with zero attached hydrogens (tertiary/aromatic N) is 1. The molecule has 1 atom stereocenters. The van der Waals surface area contributed by atoms with Gasteiger partial charge in [0.05, 0.1) is 16.6 Å². The zero-order valence-electron chi connectivity index (χ0n) is 12.8. The molecule has 0 bridgehead atoms. The molecule has 0 spiro atoms. The normalized spacial score (nSPS) is 17.4. The summed E-state index contributed by atoms with van der Waals surface area (Å²) in [7, 11) is -3.60. The van der Waals surface area contributed by atoms with Gasteiger partial charge in [-0.1, -0.05) is 42.0 Å². The number of benzene rings is 2. The molecule has 1 unspecified atom stereocenters. The molecule has 0 aromatic heterocycles. The molecule has 5 heteroatoms. The highest BCUT2D eigenvalue weighted by molar-refractivity contribution is 14.1. The maximum absolute atomic E-state index is 13.3. The van der Waals surface area contributed by atoms with Crippen molar-refractivity contribution in [3.05, 3.63) is 69.8 Å². The Hall–Kier alpha value is -1.34. The fourth-order valence-corrected chi connectivity index (χ4v) is 5.22. The molecule has 120 valence electrons. The van der Waals surface area contributed by atoms with E-state index >= 15 is 0 Å². The summed E-state index contributed by atoms with van der Waals surface area (Å²) in [5.41, 5.74) is 1.79. The minimum Gasteiger partial charge on any atom is -0.258 e. The van der Waals surface area contributed by atoms with Crippen LogP contribution < -0.4 is 4.31 Å². The number of sulfonamides is 1. The predicted octanol–water partition coefficient (Wildman–Crippen LogP) is 4.51. The summed E-state index contributed by atoms with van der Waals surface area (Å²) in [6, 6.07) is 14.5. The van der Waals surface area contributed by atoms with Crippen molar-refractivity contribution in [2.45, 2.75) is 30.7 Å². The summed E-state index contributed by atoms with van der Waals surface area (Å²) in [5, 5.41) is 0. The number of hydrogen-bond acceptors (Lipinski definition) is 2. The minimum absolute atomic E-state index is 0.128. The Morgan fingerprint density at radius 1 is 1.09 bits per heavy atom. The van der Waals surface area contributed by atoms with Gasteiger partial charge in [0.1, 0.15) is 0 Å². The molecule has 0 N–H and O–H groups in total. The Kier molecular flexibility index (Phi) is 4.77. The molecular formula is C18H18INO2S. The summed E-state index contributed by atoms with van der Waals surface area (Å²) in [6.07, 6.45) is 5.77. The summed E-state index contributed by atoms with van der Waals surface area (Å²) in [6.45, 7) is 1.95. The number of halogens is 1. The van der Waals surface area contributed by atoms with Gasteiger partial charge in [-0.3, -0.25) is 4.31 Å². The minimum atomic E-state index is -3.60. The van der Waals surface area contributed by atoms with Crippen LogP contribution in [0.5, 0.6) is 0 Å². The van der Waals surface area contributed by atoms with Crippen LogP contribution in [0.3, 0.4) is 0 Å². The Labute approximate surface area is 151 Å². The molecule has 3 nitrogen and oxygen atoms in total. The highest BCUT2D eigenvalue weighted by atomic mass is 127. The van der Waals surface area contributed by atoms with Gasteiger partial charge in [-0.15, -0.1) is 0 Å². The predicted molar refractivity (Wildman–Crippen MR) is 102 cm³/mol. The van der Waals surface area contributed by atoms with Crippen molar-refractivity contribution in [3.8, 4) is 0 Å². The number of para-hydroxylation sites is 1. The second-order valence-electron chi connectivity index (χ2n) is 5.64. The summed E-state index contributed by atoms with van der Waals surface area (Å²) in [4.78, 5) is 0.336. The van der Waals surface area contributed by atoms with Gasteiger partial charge >= 0.3 is 0 Å². The molecule has 0 aliphatic heterocycles. The second kappa shape index (κ2) is 6.65. The molecule has 3 rings (SSSR count). The van der Waals surface area contributed by atoms with E-state index in [4.69, 9.17) is 0 Å². The Morgan fingerprint density at radius 2 is 1.78 bits per heavy atom. The number of rotatable bonds is 4. The molecular weight excluding hydrogens is 421 g/mol. The van der Waals surface area contributed by atoms with Crippen molar-refractivity contribution in [3.63, 3.8) is 0 Å². The van der Waals surface area contributed by atoms with Crippen molar-refractivity contribution in [2.75, 3.05) is 4.31 Å². The fourth-order valence-electron chi connectivity index (χ4n) is 2.75. The Balaban J connectivity index is 2.13. The quantitative estimate of drug-likeness (QED) is 0.519. The van der Waals surface area contributed by atoms with Crippen LogP contribution in [0, 0.1) is 10.5 Å². The highest BCUT2D eigenvalue weighted by Gasteiger charge is 2.32. The molecule has 23 heavy (non-hydrogen) atoms. The van der Waals surface area contributed by atoms with E-state index in [2.05, 4.69) is 28.7 Å². The average molecular weight is 439 g/mol. The molecule has 0 fully saturated rings. The van der Waals surface area contributed by atoms with Crippen molar-refractivity contribution in [2.24, 2.45) is 0 Å². The molecule has 1 aliphatic carbocycles. The molecule has 0 heterocycles. The molecule has 0 radical (unpaired) electrons. The smallest absolute Gasteiger partial charge is 0.258 e. The summed E-state index contributed by atoms with van der Waals surface area (Å²) in [5.74, 6) is 0. The fraction of sp³-hybridized carbons (Fsp3) is 0.222. The molecule has 1 aliphatic rings. The Bertz CT molecular complexity index is 828. The SMILES string of the molecule is Cc1ccc(S(=O)(=O)N(c2ccccc2I)C2C=CCC2)cc1. The van der Waals surface area contributed by atoms with Gasteiger partial charge in [0.2, 0.25) is 0 Å². The molecule has 0 saturated carbocycles. The van der Waals surface area contributed by atoms with E-state index in [0.717, 1.165) is 27.7 Å². The Morgan fingerprint density at radius 3 is 2.39 bits per heavy atom. The van der Waals surface area contributed by atoms with Crippen LogP contribution in [-0.4, -0.2) is 14.5 Å². The van der Waals surface area contributed by atoms with Gasteiger partial charge in [-0.2, -0.15) is 0 Å². The largest absolute Gasteiger partial charge is 0.264 e. The van der Waals surface area contributed by atoms with Crippen LogP contribution in [-0.2, 0) is 10.0 Å². The lowest BCUT2D eigenvalue weighted by Crippen LogP contribution is -2.39. The third kappa shape index (κ3) is 3.30. The molecule has 2 aromatic rings. The number of allylic oxidation sites excluding steroid dienone is 1. The van der Waals surface area contributed by atoms with E-state index in [0.29, 0.717) is 4.90 Å². The maximum atomic E-state index is 13.3. The standard InChI is InChI=1S/C18H18INO2S/c1-14-10-12-16(13-11-14)23(21,22)20(15-6-2-3-7-15)18-9-5-4-8-17(18)19/h2,4-6,8-13,15H,3,7H2,1H3. The average Bonchev–Trinajstić information content (AvgIpc) is 3.03. The van der Waals surface area contributed by atoms with Gasteiger partial charge in [0.25, 0.3) is 10.0 Å². The maximum Gasteiger partial charge on any atom is 0.264 e. The van der Waals surface area contributed by atoms with Gasteiger partial charge in [0.15, 0.2) is 0 Å². The second-order valence-corrected chi connectivity index (χ2v) is 8.62. The van der Waals surface area contributed by atoms with Crippen LogP contribution in [0.2, 0.25) is 0 Å². The van der Waals surface area contributed by atoms with E-state index in [1.165, 1.54) is 0 Å². The number of aryl methyl sites for hydroxylation is 1. The first-order valence-electron chi connectivity index (χ1n) is 7.52. The summed E-state index contributed by atoms with van der Waals surface area (Å²) >= 11 is 2.20. The number of anilines is 1. The van der Waals surface area contributed by atoms with Crippen LogP contribution in [0.25, 0.3) is 0 Å². The van der Waals surface area contributed by atoms with Crippen LogP contribution >= 0.6 is 22.6 Å². The van der Waals surface area contributed by atoms with Gasteiger partial charge in [-0.25, -0.2) is 8.42 Å². The van der Waals surface area contributed by atoms with E-state index < -0.39 is 10.0 Å². The number of hydrogen-bond donors (Lipinski definition) is 0. The van der Waals surface area contributed by atoms with Crippen molar-refractivity contribution >= 4 is 38.3 Å². The zero-order chi connectivity index (χ0) is 16.4. The van der Waals surface area contributed by atoms with E-state index in [1.54, 1.807) is 16.4 Å². The monoisotopic (exact) mass is 439 g/mol. The highest BCUT2D eigenvalue weighted by Crippen LogP contribution is 2.33. The lowest BCUT2D eigenvalue weighted by Gasteiger charge is -2.30. The van der Waals surface area contributed by atoms with Gasteiger partial charge in [-0.05, 0) is 66.6 Å². The molecule has 2 aromatic carbocycles. The first-order valence-corrected chi connectivity index (χ1v) is 10.0.